The standard InChI is InChI=1S/C32H48N2O4/c1-3-5-17-25-37-29-21-13-11-19-27(29)31(35)33-23-15-9-7-8-10-16-24-34-32(36)28-20-12-14-22-30(28)38-26-18-6-4-2/h11-14,19-22H,3-10,15-18,23-26H2,1-2H3,(H,33,35)(H,34,36). The Morgan fingerprint density at radius 3 is 1.37 bits per heavy atom. The van der Waals surface area contributed by atoms with Crippen LogP contribution < -0.4 is 20.1 Å². The van der Waals surface area contributed by atoms with Gasteiger partial charge in [0.05, 0.1) is 24.3 Å². The molecule has 0 aliphatic rings. The molecule has 0 spiro atoms. The molecule has 2 aromatic carbocycles. The molecule has 0 saturated heterocycles. The second kappa shape index (κ2) is 20.0. The first-order chi connectivity index (χ1) is 18.7. The number of hydrogen-bond donors (Lipinski definition) is 2. The van der Waals surface area contributed by atoms with E-state index in [1.807, 2.05) is 48.5 Å². The quantitative estimate of drug-likeness (QED) is 0.168. The molecular weight excluding hydrogens is 476 g/mol. The maximum atomic E-state index is 12.6. The van der Waals surface area contributed by atoms with Crippen LogP contribution in [0, 0.1) is 0 Å². The third-order valence-electron chi connectivity index (χ3n) is 6.45. The molecule has 0 aromatic heterocycles. The van der Waals surface area contributed by atoms with Gasteiger partial charge in [0.15, 0.2) is 0 Å². The summed E-state index contributed by atoms with van der Waals surface area (Å²) >= 11 is 0. The van der Waals surface area contributed by atoms with Crippen LogP contribution in [0.3, 0.4) is 0 Å². The molecule has 38 heavy (non-hydrogen) atoms. The zero-order valence-corrected chi connectivity index (χ0v) is 23.6. The van der Waals surface area contributed by atoms with Crippen LogP contribution in [-0.4, -0.2) is 38.1 Å². The topological polar surface area (TPSA) is 76.7 Å². The van der Waals surface area contributed by atoms with Crippen LogP contribution in [0.15, 0.2) is 48.5 Å². The monoisotopic (exact) mass is 524 g/mol. The summed E-state index contributed by atoms with van der Waals surface area (Å²) in [4.78, 5) is 25.2. The average Bonchev–Trinajstić information content (AvgIpc) is 2.94. The molecule has 6 nitrogen and oxygen atoms in total. The van der Waals surface area contributed by atoms with Gasteiger partial charge in [0.1, 0.15) is 11.5 Å². The van der Waals surface area contributed by atoms with Crippen LogP contribution in [0.2, 0.25) is 0 Å². The van der Waals surface area contributed by atoms with Crippen LogP contribution in [0.4, 0.5) is 0 Å². The van der Waals surface area contributed by atoms with Gasteiger partial charge < -0.3 is 20.1 Å². The SMILES string of the molecule is CCCCCOc1ccccc1C(=O)NCCCCCCCCNC(=O)c1ccccc1OCCCCC. The first-order valence-corrected chi connectivity index (χ1v) is 14.7. The van der Waals surface area contributed by atoms with Crippen molar-refractivity contribution in [3.8, 4) is 11.5 Å². The Morgan fingerprint density at radius 2 is 0.947 bits per heavy atom. The maximum absolute atomic E-state index is 12.6. The van der Waals surface area contributed by atoms with Crippen molar-refractivity contribution in [1.82, 2.24) is 10.6 Å². The van der Waals surface area contributed by atoms with Crippen LogP contribution >= 0.6 is 0 Å². The summed E-state index contributed by atoms with van der Waals surface area (Å²) in [6.45, 7) is 6.94. The molecule has 2 N–H and O–H groups in total. The van der Waals surface area contributed by atoms with Gasteiger partial charge in [0.2, 0.25) is 0 Å². The Morgan fingerprint density at radius 1 is 0.553 bits per heavy atom. The van der Waals surface area contributed by atoms with E-state index in [4.69, 9.17) is 9.47 Å². The Kier molecular flexibility index (Phi) is 16.4. The van der Waals surface area contributed by atoms with E-state index in [0.29, 0.717) is 48.9 Å². The summed E-state index contributed by atoms with van der Waals surface area (Å²) in [5.41, 5.74) is 1.22. The van der Waals surface area contributed by atoms with E-state index in [-0.39, 0.29) is 11.8 Å². The molecule has 2 amide bonds. The molecule has 2 rings (SSSR count). The number of nitrogens with one attached hydrogen (secondary N) is 2. The van der Waals surface area contributed by atoms with Crippen molar-refractivity contribution in [2.24, 2.45) is 0 Å². The lowest BCUT2D eigenvalue weighted by atomic mass is 10.1. The van der Waals surface area contributed by atoms with E-state index in [1.54, 1.807) is 0 Å². The fourth-order valence-corrected chi connectivity index (χ4v) is 4.18. The summed E-state index contributed by atoms with van der Waals surface area (Å²) in [7, 11) is 0. The predicted octanol–water partition coefficient (Wildman–Crippen LogP) is 7.33. The van der Waals surface area contributed by atoms with Gasteiger partial charge in [-0.15, -0.1) is 0 Å². The maximum Gasteiger partial charge on any atom is 0.255 e. The predicted molar refractivity (Wildman–Crippen MR) is 155 cm³/mol. The van der Waals surface area contributed by atoms with Gasteiger partial charge in [-0.3, -0.25) is 9.59 Å². The highest BCUT2D eigenvalue weighted by Crippen LogP contribution is 2.19. The van der Waals surface area contributed by atoms with Crippen molar-refractivity contribution in [3.63, 3.8) is 0 Å². The highest BCUT2D eigenvalue weighted by atomic mass is 16.5. The molecule has 0 bridgehead atoms. The highest BCUT2D eigenvalue weighted by molar-refractivity contribution is 5.97. The van der Waals surface area contributed by atoms with Gasteiger partial charge >= 0.3 is 0 Å². The zero-order valence-electron chi connectivity index (χ0n) is 23.6. The fourth-order valence-electron chi connectivity index (χ4n) is 4.18. The van der Waals surface area contributed by atoms with Crippen molar-refractivity contribution in [3.05, 3.63) is 59.7 Å². The Hall–Kier alpha value is -3.02. The molecule has 0 unspecified atom stereocenters. The molecule has 2 aromatic rings. The normalized spacial score (nSPS) is 10.7. The minimum Gasteiger partial charge on any atom is -0.493 e. The Labute approximate surface area is 229 Å². The van der Waals surface area contributed by atoms with Gasteiger partial charge in [-0.25, -0.2) is 0 Å². The largest absolute Gasteiger partial charge is 0.493 e. The summed E-state index contributed by atoms with van der Waals surface area (Å²) < 4.78 is 11.7. The number of amides is 2. The molecule has 0 heterocycles. The lowest BCUT2D eigenvalue weighted by Gasteiger charge is -2.12. The molecule has 0 aliphatic heterocycles. The molecular formula is C32H48N2O4. The molecule has 0 saturated carbocycles. The summed E-state index contributed by atoms with van der Waals surface area (Å²) in [6.07, 6.45) is 12.9. The van der Waals surface area contributed by atoms with Gasteiger partial charge in [0, 0.05) is 13.1 Å². The van der Waals surface area contributed by atoms with E-state index in [1.165, 1.54) is 0 Å². The first-order valence-electron chi connectivity index (χ1n) is 14.7. The first kappa shape index (κ1) is 31.2. The van der Waals surface area contributed by atoms with E-state index in [2.05, 4.69) is 24.5 Å². The zero-order chi connectivity index (χ0) is 27.3. The minimum atomic E-state index is -0.0697. The summed E-state index contributed by atoms with van der Waals surface area (Å²) in [5.74, 6) is 1.19. The number of para-hydroxylation sites is 2. The Bertz CT molecular complexity index is 856. The van der Waals surface area contributed by atoms with Crippen LogP contribution in [0.1, 0.15) is 112 Å². The lowest BCUT2D eigenvalue weighted by Crippen LogP contribution is -2.25. The number of unbranched alkanes of at least 4 members (excludes halogenated alkanes) is 9. The third kappa shape index (κ3) is 12.5. The number of rotatable bonds is 21. The Balaban J connectivity index is 1.54. The molecule has 0 radical (unpaired) electrons. The second-order valence-electron chi connectivity index (χ2n) is 9.74. The number of carbonyl (C=O) groups excluding carboxylic acids is 2. The average molecular weight is 525 g/mol. The van der Waals surface area contributed by atoms with Crippen LogP contribution in [0.5, 0.6) is 11.5 Å². The van der Waals surface area contributed by atoms with Gasteiger partial charge in [-0.05, 0) is 49.9 Å². The number of benzene rings is 2. The summed E-state index contributed by atoms with van der Waals surface area (Å²) in [5, 5.41) is 6.05. The van der Waals surface area contributed by atoms with Crippen molar-refractivity contribution in [2.45, 2.75) is 90.9 Å². The van der Waals surface area contributed by atoms with Crippen molar-refractivity contribution < 1.29 is 19.1 Å². The number of hydrogen-bond acceptors (Lipinski definition) is 4. The molecule has 0 atom stereocenters. The fraction of sp³-hybridized carbons (Fsp3) is 0.562. The van der Waals surface area contributed by atoms with Crippen molar-refractivity contribution in [2.75, 3.05) is 26.3 Å². The molecule has 0 aliphatic carbocycles. The van der Waals surface area contributed by atoms with Crippen LogP contribution in [-0.2, 0) is 0 Å². The molecule has 210 valence electrons. The van der Waals surface area contributed by atoms with E-state index in [0.717, 1.165) is 77.0 Å². The third-order valence-corrected chi connectivity index (χ3v) is 6.45. The number of ether oxygens (including phenoxy) is 2. The second-order valence-corrected chi connectivity index (χ2v) is 9.74. The van der Waals surface area contributed by atoms with E-state index in [9.17, 15) is 9.59 Å². The van der Waals surface area contributed by atoms with Gasteiger partial charge in [0.25, 0.3) is 11.8 Å². The van der Waals surface area contributed by atoms with Crippen molar-refractivity contribution >= 4 is 11.8 Å². The lowest BCUT2D eigenvalue weighted by molar-refractivity contribution is 0.0939. The van der Waals surface area contributed by atoms with Gasteiger partial charge in [-0.2, -0.15) is 0 Å². The molecule has 6 heteroatoms. The minimum absolute atomic E-state index is 0.0697. The van der Waals surface area contributed by atoms with E-state index < -0.39 is 0 Å². The number of carbonyl (C=O) groups is 2. The molecule has 0 fully saturated rings. The summed E-state index contributed by atoms with van der Waals surface area (Å²) in [6, 6.07) is 14.9. The van der Waals surface area contributed by atoms with Crippen LogP contribution in [0.25, 0.3) is 0 Å². The van der Waals surface area contributed by atoms with E-state index >= 15 is 0 Å². The van der Waals surface area contributed by atoms with Crippen molar-refractivity contribution in [1.29, 1.82) is 0 Å². The smallest absolute Gasteiger partial charge is 0.255 e. The van der Waals surface area contributed by atoms with Gasteiger partial charge in [-0.1, -0.05) is 89.5 Å². The highest BCUT2D eigenvalue weighted by Gasteiger charge is 2.12.